The number of carbonyl (C=O) groups is 1. The highest BCUT2D eigenvalue weighted by Crippen LogP contribution is 2.28. The van der Waals surface area contributed by atoms with Gasteiger partial charge in [-0.3, -0.25) is 4.79 Å². The number of amides is 1. The zero-order valence-electron chi connectivity index (χ0n) is 18.4. The zero-order valence-corrected chi connectivity index (χ0v) is 18.4. The highest BCUT2D eigenvalue weighted by Gasteiger charge is 2.21. The lowest BCUT2D eigenvalue weighted by atomic mass is 10.2. The Morgan fingerprint density at radius 1 is 1.00 bits per heavy atom. The van der Waals surface area contributed by atoms with Crippen molar-refractivity contribution in [3.05, 3.63) is 60.2 Å². The smallest absolute Gasteiger partial charge is 0.246 e. The van der Waals surface area contributed by atoms with Gasteiger partial charge in [0.2, 0.25) is 5.91 Å². The summed E-state index contributed by atoms with van der Waals surface area (Å²) in [6.45, 7) is 4.51. The Bertz CT molecular complexity index is 1100. The van der Waals surface area contributed by atoms with E-state index in [1.165, 1.54) is 0 Å². The third-order valence-electron chi connectivity index (χ3n) is 5.29. The molecule has 1 aliphatic rings. The van der Waals surface area contributed by atoms with Crippen molar-refractivity contribution in [3.63, 3.8) is 0 Å². The van der Waals surface area contributed by atoms with Crippen molar-refractivity contribution in [2.75, 3.05) is 45.3 Å². The van der Waals surface area contributed by atoms with E-state index in [0.29, 0.717) is 43.5 Å². The van der Waals surface area contributed by atoms with Crippen molar-refractivity contribution >= 4 is 17.8 Å². The quantitative estimate of drug-likeness (QED) is 0.551. The first-order chi connectivity index (χ1) is 15.6. The SMILES string of the molecule is COc1ccc(/C=C/C(=O)N2CCN(c3cc(-n4cccn4)nc(C)n3)CC2)cc1OC. The fourth-order valence-corrected chi connectivity index (χ4v) is 3.61. The number of anilines is 1. The molecule has 9 nitrogen and oxygen atoms in total. The van der Waals surface area contributed by atoms with E-state index in [1.54, 1.807) is 37.3 Å². The lowest BCUT2D eigenvalue weighted by Crippen LogP contribution is -2.48. The van der Waals surface area contributed by atoms with E-state index in [2.05, 4.69) is 20.0 Å². The number of methoxy groups -OCH3 is 2. The molecule has 0 spiro atoms. The Hall–Kier alpha value is -3.88. The second-order valence-corrected chi connectivity index (χ2v) is 7.34. The number of rotatable bonds is 6. The lowest BCUT2D eigenvalue weighted by molar-refractivity contribution is -0.126. The van der Waals surface area contributed by atoms with E-state index >= 15 is 0 Å². The number of ether oxygens (including phenoxy) is 2. The number of aryl methyl sites for hydroxylation is 1. The predicted octanol–water partition coefficient (Wildman–Crippen LogP) is 2.35. The maximum absolute atomic E-state index is 12.7. The number of benzene rings is 1. The molecule has 0 aliphatic carbocycles. The van der Waals surface area contributed by atoms with Crippen LogP contribution in [0.15, 0.2) is 48.8 Å². The van der Waals surface area contributed by atoms with Crippen LogP contribution in [-0.2, 0) is 4.79 Å². The number of piperazine rings is 1. The van der Waals surface area contributed by atoms with Gasteiger partial charge >= 0.3 is 0 Å². The fourth-order valence-electron chi connectivity index (χ4n) is 3.61. The molecule has 1 amide bonds. The Balaban J connectivity index is 1.39. The van der Waals surface area contributed by atoms with Gasteiger partial charge in [-0.25, -0.2) is 14.6 Å². The molecular formula is C23H26N6O3. The predicted molar refractivity (Wildman–Crippen MR) is 121 cm³/mol. The van der Waals surface area contributed by atoms with Crippen LogP contribution in [0.3, 0.4) is 0 Å². The van der Waals surface area contributed by atoms with Gasteiger partial charge in [0.25, 0.3) is 0 Å². The van der Waals surface area contributed by atoms with Crippen LogP contribution in [0.4, 0.5) is 5.82 Å². The van der Waals surface area contributed by atoms with Gasteiger partial charge in [0.05, 0.1) is 14.2 Å². The Labute approximate surface area is 186 Å². The molecular weight excluding hydrogens is 408 g/mol. The highest BCUT2D eigenvalue weighted by molar-refractivity contribution is 5.92. The van der Waals surface area contributed by atoms with Gasteiger partial charge in [0.1, 0.15) is 11.6 Å². The summed E-state index contributed by atoms with van der Waals surface area (Å²) in [5.41, 5.74) is 0.872. The van der Waals surface area contributed by atoms with Crippen molar-refractivity contribution in [1.82, 2.24) is 24.6 Å². The molecule has 0 atom stereocenters. The van der Waals surface area contributed by atoms with Crippen molar-refractivity contribution in [2.24, 2.45) is 0 Å². The zero-order chi connectivity index (χ0) is 22.5. The molecule has 3 aromatic rings. The van der Waals surface area contributed by atoms with E-state index in [9.17, 15) is 4.79 Å². The molecule has 0 bridgehead atoms. The van der Waals surface area contributed by atoms with E-state index in [-0.39, 0.29) is 5.91 Å². The van der Waals surface area contributed by atoms with Gasteiger partial charge in [-0.1, -0.05) is 6.07 Å². The Kier molecular flexibility index (Phi) is 6.34. The summed E-state index contributed by atoms with van der Waals surface area (Å²) in [5, 5.41) is 4.25. The number of carbonyl (C=O) groups excluding carboxylic acids is 1. The van der Waals surface area contributed by atoms with Crippen LogP contribution < -0.4 is 14.4 Å². The summed E-state index contributed by atoms with van der Waals surface area (Å²) < 4.78 is 12.3. The minimum absolute atomic E-state index is 0.0180. The van der Waals surface area contributed by atoms with Gasteiger partial charge in [-0.05, 0) is 36.8 Å². The standard InChI is InChI=1S/C23H26N6O3/c1-17-25-21(16-22(26-17)29-10-4-9-24-29)27-11-13-28(14-12-27)23(30)8-6-18-5-7-19(31-2)20(15-18)32-3/h4-10,15-16H,11-14H2,1-3H3/b8-6+. The van der Waals surface area contributed by atoms with Gasteiger partial charge in [-0.2, -0.15) is 5.10 Å². The molecule has 1 aliphatic heterocycles. The Morgan fingerprint density at radius 2 is 1.75 bits per heavy atom. The largest absolute Gasteiger partial charge is 0.493 e. The van der Waals surface area contributed by atoms with E-state index in [4.69, 9.17) is 9.47 Å². The molecule has 32 heavy (non-hydrogen) atoms. The number of nitrogens with zero attached hydrogens (tertiary/aromatic N) is 6. The van der Waals surface area contributed by atoms with Crippen LogP contribution in [0.1, 0.15) is 11.4 Å². The van der Waals surface area contributed by atoms with Gasteiger partial charge < -0.3 is 19.3 Å². The third-order valence-corrected chi connectivity index (χ3v) is 5.29. The van der Waals surface area contributed by atoms with Crippen molar-refractivity contribution < 1.29 is 14.3 Å². The van der Waals surface area contributed by atoms with E-state index < -0.39 is 0 Å². The maximum atomic E-state index is 12.7. The average molecular weight is 435 g/mol. The molecule has 2 aromatic heterocycles. The second kappa shape index (κ2) is 9.51. The summed E-state index contributed by atoms with van der Waals surface area (Å²) >= 11 is 0. The number of hydrogen-bond acceptors (Lipinski definition) is 7. The Morgan fingerprint density at radius 3 is 2.44 bits per heavy atom. The molecule has 9 heteroatoms. The number of hydrogen-bond donors (Lipinski definition) is 0. The third kappa shape index (κ3) is 4.72. The first-order valence-corrected chi connectivity index (χ1v) is 10.4. The minimum atomic E-state index is -0.0180. The summed E-state index contributed by atoms with van der Waals surface area (Å²) in [6.07, 6.45) is 6.96. The van der Waals surface area contributed by atoms with E-state index in [0.717, 1.165) is 17.2 Å². The van der Waals surface area contributed by atoms with Crippen LogP contribution in [0.25, 0.3) is 11.9 Å². The van der Waals surface area contributed by atoms with Crippen molar-refractivity contribution in [2.45, 2.75) is 6.92 Å². The normalized spacial score (nSPS) is 14.1. The van der Waals surface area contributed by atoms with Gasteiger partial charge in [0, 0.05) is 50.7 Å². The van der Waals surface area contributed by atoms with Crippen LogP contribution >= 0.6 is 0 Å². The van der Waals surface area contributed by atoms with Gasteiger partial charge in [-0.15, -0.1) is 0 Å². The van der Waals surface area contributed by atoms with Crippen LogP contribution in [0, 0.1) is 6.92 Å². The van der Waals surface area contributed by atoms with Gasteiger partial charge in [0.15, 0.2) is 17.3 Å². The van der Waals surface area contributed by atoms with Crippen molar-refractivity contribution in [3.8, 4) is 17.3 Å². The monoisotopic (exact) mass is 434 g/mol. The summed E-state index contributed by atoms with van der Waals surface area (Å²) in [4.78, 5) is 25.7. The first-order valence-electron chi connectivity index (χ1n) is 10.4. The minimum Gasteiger partial charge on any atom is -0.493 e. The molecule has 166 valence electrons. The number of aromatic nitrogens is 4. The molecule has 1 aromatic carbocycles. The van der Waals surface area contributed by atoms with Crippen LogP contribution in [-0.4, -0.2) is 71.0 Å². The van der Waals surface area contributed by atoms with Crippen LogP contribution in [0.2, 0.25) is 0 Å². The highest BCUT2D eigenvalue weighted by atomic mass is 16.5. The molecule has 1 saturated heterocycles. The topological polar surface area (TPSA) is 85.6 Å². The second-order valence-electron chi connectivity index (χ2n) is 7.34. The lowest BCUT2D eigenvalue weighted by Gasteiger charge is -2.35. The van der Waals surface area contributed by atoms with Crippen LogP contribution in [0.5, 0.6) is 11.5 Å². The fraction of sp³-hybridized carbons (Fsp3) is 0.304. The summed E-state index contributed by atoms with van der Waals surface area (Å²) in [7, 11) is 3.19. The maximum Gasteiger partial charge on any atom is 0.246 e. The van der Waals surface area contributed by atoms with Crippen molar-refractivity contribution in [1.29, 1.82) is 0 Å². The molecule has 0 N–H and O–H groups in total. The molecule has 3 heterocycles. The summed E-state index contributed by atoms with van der Waals surface area (Å²) in [5.74, 6) is 3.53. The molecule has 0 unspecified atom stereocenters. The average Bonchev–Trinajstić information content (AvgIpc) is 3.37. The first kappa shape index (κ1) is 21.4. The summed E-state index contributed by atoms with van der Waals surface area (Å²) in [6, 6.07) is 9.33. The molecule has 4 rings (SSSR count). The molecule has 0 saturated carbocycles. The molecule has 1 fully saturated rings. The van der Waals surface area contributed by atoms with E-state index in [1.807, 2.05) is 48.4 Å². The molecule has 0 radical (unpaired) electrons.